The van der Waals surface area contributed by atoms with E-state index in [1.54, 1.807) is 41.9 Å². The molecule has 0 saturated carbocycles. The number of fused-ring (bicyclic) bond motifs is 1. The summed E-state index contributed by atoms with van der Waals surface area (Å²) < 4.78 is 2.07. The molecule has 0 aliphatic heterocycles. The van der Waals surface area contributed by atoms with E-state index in [-0.39, 0.29) is 17.9 Å². The normalized spacial score (nSPS) is 11.8. The Morgan fingerprint density at radius 2 is 1.69 bits per heavy atom. The van der Waals surface area contributed by atoms with Crippen molar-refractivity contribution < 1.29 is 24.7 Å². The van der Waals surface area contributed by atoms with E-state index in [0.717, 1.165) is 46.4 Å². The van der Waals surface area contributed by atoms with E-state index in [2.05, 4.69) is 16.8 Å². The molecular weight excluding hydrogens is 496 g/mol. The lowest BCUT2D eigenvalue weighted by Gasteiger charge is -2.18. The summed E-state index contributed by atoms with van der Waals surface area (Å²) in [6, 6.07) is 19.3. The van der Waals surface area contributed by atoms with E-state index in [1.165, 1.54) is 0 Å². The van der Waals surface area contributed by atoms with Crippen LogP contribution in [0.3, 0.4) is 0 Å². The first-order valence-corrected chi connectivity index (χ1v) is 12.9. The van der Waals surface area contributed by atoms with Gasteiger partial charge >= 0.3 is 5.97 Å². The molecular formula is C30H32N4O5. The van der Waals surface area contributed by atoms with Crippen molar-refractivity contribution in [2.75, 3.05) is 0 Å². The Kier molecular flexibility index (Phi) is 8.73. The maximum absolute atomic E-state index is 13.4. The fourth-order valence-electron chi connectivity index (χ4n) is 4.71. The summed E-state index contributed by atoms with van der Waals surface area (Å²) in [6.45, 7) is 4.46. The van der Waals surface area contributed by atoms with Gasteiger partial charge in [-0.05, 0) is 60.7 Å². The molecule has 3 aromatic carbocycles. The van der Waals surface area contributed by atoms with Crippen molar-refractivity contribution in [3.05, 3.63) is 100 Å². The largest absolute Gasteiger partial charge is 0.478 e. The number of aromatic nitrogens is 2. The Morgan fingerprint density at radius 3 is 2.33 bits per heavy atom. The zero-order valence-corrected chi connectivity index (χ0v) is 22.0. The Bertz CT molecular complexity index is 1480. The van der Waals surface area contributed by atoms with E-state index in [9.17, 15) is 19.5 Å². The number of rotatable bonds is 11. The number of carboxylic acid groups (broad SMARTS) is 1. The average molecular weight is 529 g/mol. The molecule has 4 N–H and O–H groups in total. The first-order chi connectivity index (χ1) is 18.8. The van der Waals surface area contributed by atoms with E-state index in [4.69, 9.17) is 10.2 Å². The Hall–Kier alpha value is -4.50. The third-order valence-electron chi connectivity index (χ3n) is 6.62. The average Bonchev–Trinajstić information content (AvgIpc) is 3.27. The number of nitrogens with zero attached hydrogens (tertiary/aromatic N) is 2. The van der Waals surface area contributed by atoms with Crippen LogP contribution in [0.2, 0.25) is 0 Å². The van der Waals surface area contributed by atoms with Crippen molar-refractivity contribution in [2.24, 2.45) is 0 Å². The van der Waals surface area contributed by atoms with E-state index < -0.39 is 17.9 Å². The fraction of sp³-hybridized carbons (Fsp3) is 0.267. The van der Waals surface area contributed by atoms with Gasteiger partial charge in [0.1, 0.15) is 5.82 Å². The summed E-state index contributed by atoms with van der Waals surface area (Å²) in [4.78, 5) is 41.5. The highest BCUT2D eigenvalue weighted by Crippen LogP contribution is 2.25. The van der Waals surface area contributed by atoms with Crippen molar-refractivity contribution >= 4 is 28.8 Å². The summed E-state index contributed by atoms with van der Waals surface area (Å²) in [5, 5.41) is 21.2. The van der Waals surface area contributed by atoms with Crippen LogP contribution in [0.5, 0.6) is 0 Å². The third-order valence-corrected chi connectivity index (χ3v) is 6.62. The molecule has 0 radical (unpaired) electrons. The quantitative estimate of drug-likeness (QED) is 0.170. The van der Waals surface area contributed by atoms with Gasteiger partial charge in [0, 0.05) is 31.0 Å². The molecule has 0 aliphatic rings. The zero-order chi connectivity index (χ0) is 27.9. The van der Waals surface area contributed by atoms with Crippen LogP contribution >= 0.6 is 0 Å². The maximum Gasteiger partial charge on any atom is 0.335 e. The van der Waals surface area contributed by atoms with Crippen LogP contribution in [0.1, 0.15) is 63.0 Å². The first kappa shape index (κ1) is 27.5. The van der Waals surface area contributed by atoms with E-state index >= 15 is 0 Å². The van der Waals surface area contributed by atoms with Crippen LogP contribution in [0.25, 0.3) is 11.0 Å². The number of nitrogens with one attached hydrogen (secondary N) is 2. The molecule has 4 aromatic rings. The molecule has 39 heavy (non-hydrogen) atoms. The number of hydrogen-bond donors (Lipinski definition) is 4. The van der Waals surface area contributed by atoms with Gasteiger partial charge in [0.2, 0.25) is 5.91 Å². The van der Waals surface area contributed by atoms with Crippen LogP contribution < -0.4 is 10.8 Å². The molecule has 9 heteroatoms. The van der Waals surface area contributed by atoms with Gasteiger partial charge in [-0.3, -0.25) is 14.8 Å². The monoisotopic (exact) mass is 528 g/mol. The lowest BCUT2D eigenvalue weighted by atomic mass is 10.0. The highest BCUT2D eigenvalue weighted by molar-refractivity contribution is 5.99. The van der Waals surface area contributed by atoms with Crippen LogP contribution in [0, 0.1) is 6.92 Å². The number of carbonyl (C=O) groups is 3. The minimum atomic E-state index is -0.977. The second-order valence-electron chi connectivity index (χ2n) is 9.63. The molecule has 1 heterocycles. The Morgan fingerprint density at radius 1 is 0.974 bits per heavy atom. The fourth-order valence-corrected chi connectivity index (χ4v) is 4.71. The lowest BCUT2D eigenvalue weighted by Crippen LogP contribution is -2.40. The van der Waals surface area contributed by atoms with Crippen LogP contribution in [-0.2, 0) is 24.2 Å². The molecule has 0 spiro atoms. The number of aromatic carboxylic acids is 1. The van der Waals surface area contributed by atoms with Crippen molar-refractivity contribution in [3.8, 4) is 0 Å². The molecule has 202 valence electrons. The van der Waals surface area contributed by atoms with Crippen LogP contribution in [0.15, 0.2) is 66.7 Å². The summed E-state index contributed by atoms with van der Waals surface area (Å²) in [5.41, 5.74) is 6.64. The van der Waals surface area contributed by atoms with Gasteiger partial charge < -0.3 is 15.0 Å². The van der Waals surface area contributed by atoms with Crippen molar-refractivity contribution in [1.29, 1.82) is 0 Å². The van der Waals surface area contributed by atoms with Crippen LogP contribution in [0.4, 0.5) is 0 Å². The van der Waals surface area contributed by atoms with Gasteiger partial charge in [0.05, 0.1) is 16.6 Å². The predicted octanol–water partition coefficient (Wildman–Crippen LogP) is 4.28. The smallest absolute Gasteiger partial charge is 0.335 e. The number of amides is 2. The molecule has 0 saturated heterocycles. The van der Waals surface area contributed by atoms with Crippen molar-refractivity contribution in [3.63, 3.8) is 0 Å². The SMILES string of the molecule is CCCc1nc2c(C)cc(C(=O)N[C@@H](CC(=O)NO)Cc3ccccc3)cc2n1Cc1ccc(C(=O)O)cc1. The minimum absolute atomic E-state index is 0.0801. The number of benzene rings is 3. The second kappa shape index (κ2) is 12.4. The third kappa shape index (κ3) is 6.69. The Balaban J connectivity index is 1.66. The highest BCUT2D eigenvalue weighted by Gasteiger charge is 2.21. The molecule has 9 nitrogen and oxygen atoms in total. The van der Waals surface area contributed by atoms with E-state index in [1.807, 2.05) is 37.3 Å². The minimum Gasteiger partial charge on any atom is -0.478 e. The summed E-state index contributed by atoms with van der Waals surface area (Å²) in [7, 11) is 0. The number of hydroxylamine groups is 1. The van der Waals surface area contributed by atoms with E-state index in [0.29, 0.717) is 18.5 Å². The highest BCUT2D eigenvalue weighted by atomic mass is 16.5. The topological polar surface area (TPSA) is 134 Å². The number of imidazole rings is 1. The van der Waals surface area contributed by atoms with Gasteiger partial charge in [-0.25, -0.2) is 15.3 Å². The summed E-state index contributed by atoms with van der Waals surface area (Å²) in [5.74, 6) is -1.01. The number of hydrogen-bond acceptors (Lipinski definition) is 5. The van der Waals surface area contributed by atoms with Crippen molar-refractivity contribution in [1.82, 2.24) is 20.3 Å². The van der Waals surface area contributed by atoms with Gasteiger partial charge in [0.25, 0.3) is 5.91 Å². The molecule has 0 bridgehead atoms. The van der Waals surface area contributed by atoms with Gasteiger partial charge in [-0.1, -0.05) is 49.4 Å². The number of carboxylic acids is 1. The number of aryl methyl sites for hydroxylation is 2. The lowest BCUT2D eigenvalue weighted by molar-refractivity contribution is -0.129. The number of carbonyl (C=O) groups excluding carboxylic acids is 2. The first-order valence-electron chi connectivity index (χ1n) is 12.9. The molecule has 1 atom stereocenters. The molecule has 1 aromatic heterocycles. The van der Waals surface area contributed by atoms with Crippen LogP contribution in [-0.4, -0.2) is 43.7 Å². The molecule has 2 amide bonds. The standard InChI is InChI=1S/C30H32N4O5/c1-3-7-26-32-28-19(2)14-23(16-25(28)34(26)18-21-10-12-22(13-11-21)30(37)38)29(36)31-24(17-27(35)33-39)15-20-8-5-4-6-9-20/h4-6,8-14,16,24,39H,3,7,15,17-18H2,1-2H3,(H,31,36)(H,33,35)(H,37,38)/t24-/m1/s1. The summed E-state index contributed by atoms with van der Waals surface area (Å²) >= 11 is 0. The van der Waals surface area contributed by atoms with Gasteiger partial charge in [-0.15, -0.1) is 0 Å². The van der Waals surface area contributed by atoms with Crippen molar-refractivity contribution in [2.45, 2.75) is 52.1 Å². The van der Waals surface area contributed by atoms with Gasteiger partial charge in [0.15, 0.2) is 0 Å². The van der Waals surface area contributed by atoms with Gasteiger partial charge in [-0.2, -0.15) is 0 Å². The molecule has 4 rings (SSSR count). The zero-order valence-electron chi connectivity index (χ0n) is 22.0. The molecule has 0 unspecified atom stereocenters. The molecule has 0 aliphatic carbocycles. The predicted molar refractivity (Wildman–Crippen MR) is 147 cm³/mol. The second-order valence-corrected chi connectivity index (χ2v) is 9.63. The Labute approximate surface area is 226 Å². The molecule has 0 fully saturated rings. The summed E-state index contributed by atoms with van der Waals surface area (Å²) in [6.07, 6.45) is 1.98. The maximum atomic E-state index is 13.4.